The number of aryl methyl sites for hydroxylation is 2. The summed E-state index contributed by atoms with van der Waals surface area (Å²) in [6.45, 7) is 4.39. The van der Waals surface area contributed by atoms with E-state index in [0.717, 1.165) is 22.4 Å². The molecule has 3 aromatic rings. The molecule has 1 heterocycles. The molecule has 0 saturated heterocycles. The highest BCUT2D eigenvalue weighted by atomic mass is 32.1. The number of benzene rings is 2. The van der Waals surface area contributed by atoms with Crippen LogP contribution in [0.4, 0.5) is 5.69 Å². The minimum absolute atomic E-state index is 0.0493. The zero-order valence-electron chi connectivity index (χ0n) is 16.9. The lowest BCUT2D eigenvalue weighted by Crippen LogP contribution is -2.44. The zero-order chi connectivity index (χ0) is 21.5. The van der Waals surface area contributed by atoms with Crippen LogP contribution in [0.25, 0.3) is 11.4 Å². The molecule has 0 aliphatic heterocycles. The summed E-state index contributed by atoms with van der Waals surface area (Å²) in [6.07, 6.45) is 0.137. The Hall–Kier alpha value is -3.46. The van der Waals surface area contributed by atoms with Crippen LogP contribution in [0, 0.1) is 18.6 Å². The number of anilines is 1. The molecule has 8 nitrogen and oxygen atoms in total. The van der Waals surface area contributed by atoms with Crippen LogP contribution >= 0.6 is 12.2 Å². The topological polar surface area (TPSA) is 104 Å². The predicted molar refractivity (Wildman–Crippen MR) is 118 cm³/mol. The first-order chi connectivity index (χ1) is 14.4. The monoisotopic (exact) mass is 424 g/mol. The lowest BCUT2D eigenvalue weighted by Gasteiger charge is -2.10. The largest absolute Gasteiger partial charge is 0.376 e. The second-order valence-electron chi connectivity index (χ2n) is 6.94. The van der Waals surface area contributed by atoms with Gasteiger partial charge in [0, 0.05) is 24.2 Å². The molecule has 0 aliphatic carbocycles. The molecule has 0 aliphatic rings. The number of nitrogens with zero attached hydrogens (tertiary/aromatic N) is 2. The summed E-state index contributed by atoms with van der Waals surface area (Å²) in [4.78, 5) is 24.1. The average Bonchev–Trinajstić information content (AvgIpc) is 3.11. The van der Waals surface area contributed by atoms with E-state index in [1.54, 1.807) is 4.57 Å². The average molecular weight is 425 g/mol. The molecule has 4 N–H and O–H groups in total. The van der Waals surface area contributed by atoms with Gasteiger partial charge in [0.25, 0.3) is 5.91 Å². The van der Waals surface area contributed by atoms with E-state index in [4.69, 9.17) is 12.2 Å². The Labute approximate surface area is 179 Å². The van der Waals surface area contributed by atoms with Gasteiger partial charge in [0.1, 0.15) is 0 Å². The van der Waals surface area contributed by atoms with Crippen LogP contribution in [0.3, 0.4) is 0 Å². The maximum Gasteiger partial charge on any atom is 0.257 e. The molecule has 0 atom stereocenters. The molecule has 0 bridgehead atoms. The van der Waals surface area contributed by atoms with E-state index < -0.39 is 0 Å². The van der Waals surface area contributed by atoms with Crippen molar-refractivity contribution in [3.8, 4) is 11.4 Å². The van der Waals surface area contributed by atoms with Crippen molar-refractivity contribution in [1.82, 2.24) is 25.6 Å². The van der Waals surface area contributed by atoms with Crippen molar-refractivity contribution in [3.63, 3.8) is 0 Å². The fourth-order valence-electron chi connectivity index (χ4n) is 2.76. The van der Waals surface area contributed by atoms with Crippen LogP contribution in [-0.4, -0.2) is 33.1 Å². The van der Waals surface area contributed by atoms with E-state index in [2.05, 4.69) is 26.4 Å². The molecule has 0 fully saturated rings. The normalized spacial score (nSPS) is 10.5. The van der Waals surface area contributed by atoms with Gasteiger partial charge in [-0.3, -0.25) is 30.1 Å². The standard InChI is InChI=1S/C21H24N6O2S/c1-14-3-7-16(8-4-14)20-25-26-21(30)27(20)12-11-18(28)23-24-19(29)13-22-17-9-5-15(2)6-10-17/h3-10,22H,11-13H2,1-2H3,(H,23,28)(H,24,29)(H,26,30). The van der Waals surface area contributed by atoms with Crippen molar-refractivity contribution in [2.24, 2.45) is 0 Å². The number of hydrazine groups is 1. The minimum Gasteiger partial charge on any atom is -0.376 e. The van der Waals surface area contributed by atoms with Crippen LogP contribution in [0.15, 0.2) is 48.5 Å². The Bertz CT molecular complexity index is 1070. The number of nitrogens with one attached hydrogen (secondary N) is 4. The molecule has 0 saturated carbocycles. The fraction of sp³-hybridized carbons (Fsp3) is 0.238. The van der Waals surface area contributed by atoms with Gasteiger partial charge in [-0.05, 0) is 38.2 Å². The third-order valence-electron chi connectivity index (χ3n) is 4.48. The van der Waals surface area contributed by atoms with E-state index >= 15 is 0 Å². The summed E-state index contributed by atoms with van der Waals surface area (Å²) in [5.74, 6) is -0.0000302. The molecule has 0 spiro atoms. The number of amides is 2. The van der Waals surface area contributed by atoms with Gasteiger partial charge in [-0.1, -0.05) is 47.5 Å². The lowest BCUT2D eigenvalue weighted by atomic mass is 10.1. The quantitative estimate of drug-likeness (QED) is 0.345. The summed E-state index contributed by atoms with van der Waals surface area (Å²) < 4.78 is 2.20. The molecule has 0 unspecified atom stereocenters. The summed E-state index contributed by atoms with van der Waals surface area (Å²) in [5, 5.41) is 10.0. The summed E-state index contributed by atoms with van der Waals surface area (Å²) in [5.41, 5.74) is 8.85. The van der Waals surface area contributed by atoms with E-state index in [1.807, 2.05) is 62.4 Å². The highest BCUT2D eigenvalue weighted by Crippen LogP contribution is 2.18. The molecule has 156 valence electrons. The van der Waals surface area contributed by atoms with Crippen LogP contribution in [-0.2, 0) is 16.1 Å². The third kappa shape index (κ3) is 5.77. The van der Waals surface area contributed by atoms with Gasteiger partial charge >= 0.3 is 0 Å². The van der Waals surface area contributed by atoms with Crippen LogP contribution in [0.2, 0.25) is 0 Å². The van der Waals surface area contributed by atoms with Crippen molar-refractivity contribution >= 4 is 29.7 Å². The SMILES string of the molecule is Cc1ccc(NCC(=O)NNC(=O)CCn2c(-c3ccc(C)cc3)n[nH]c2=S)cc1. The molecule has 2 aromatic carbocycles. The summed E-state index contributed by atoms with van der Waals surface area (Å²) in [7, 11) is 0. The minimum atomic E-state index is -0.343. The number of aromatic amines is 1. The molecular weight excluding hydrogens is 400 g/mol. The van der Waals surface area contributed by atoms with Gasteiger partial charge in [0.05, 0.1) is 6.54 Å². The van der Waals surface area contributed by atoms with E-state index in [9.17, 15) is 9.59 Å². The van der Waals surface area contributed by atoms with Crippen molar-refractivity contribution in [2.75, 3.05) is 11.9 Å². The highest BCUT2D eigenvalue weighted by molar-refractivity contribution is 7.71. The highest BCUT2D eigenvalue weighted by Gasteiger charge is 2.11. The first-order valence-corrected chi connectivity index (χ1v) is 9.93. The first kappa shape index (κ1) is 21.3. The fourth-order valence-corrected chi connectivity index (χ4v) is 2.98. The Kier molecular flexibility index (Phi) is 6.97. The van der Waals surface area contributed by atoms with E-state index in [0.29, 0.717) is 17.1 Å². The maximum atomic E-state index is 12.1. The van der Waals surface area contributed by atoms with Gasteiger partial charge in [0.15, 0.2) is 10.6 Å². The molecular formula is C21H24N6O2S. The van der Waals surface area contributed by atoms with E-state index in [-0.39, 0.29) is 24.8 Å². The van der Waals surface area contributed by atoms with Crippen LogP contribution < -0.4 is 16.2 Å². The number of rotatable bonds is 7. The lowest BCUT2D eigenvalue weighted by molar-refractivity contribution is -0.128. The van der Waals surface area contributed by atoms with Crippen molar-refractivity contribution in [1.29, 1.82) is 0 Å². The number of H-pyrrole nitrogens is 1. The number of hydrogen-bond donors (Lipinski definition) is 4. The third-order valence-corrected chi connectivity index (χ3v) is 4.79. The zero-order valence-corrected chi connectivity index (χ0v) is 17.7. The molecule has 1 aromatic heterocycles. The molecule has 30 heavy (non-hydrogen) atoms. The second-order valence-corrected chi connectivity index (χ2v) is 7.32. The van der Waals surface area contributed by atoms with Crippen LogP contribution in [0.1, 0.15) is 17.5 Å². The van der Waals surface area contributed by atoms with Gasteiger partial charge in [-0.25, -0.2) is 0 Å². The number of hydrogen-bond acceptors (Lipinski definition) is 5. The van der Waals surface area contributed by atoms with Gasteiger partial charge in [-0.15, -0.1) is 0 Å². The van der Waals surface area contributed by atoms with Crippen molar-refractivity contribution in [2.45, 2.75) is 26.8 Å². The Morgan fingerprint density at radius 1 is 0.967 bits per heavy atom. The van der Waals surface area contributed by atoms with Crippen molar-refractivity contribution in [3.05, 3.63) is 64.4 Å². The first-order valence-electron chi connectivity index (χ1n) is 9.53. The van der Waals surface area contributed by atoms with Gasteiger partial charge in [0.2, 0.25) is 5.91 Å². The Morgan fingerprint density at radius 3 is 2.23 bits per heavy atom. The number of aromatic nitrogens is 3. The molecule has 0 radical (unpaired) electrons. The van der Waals surface area contributed by atoms with Gasteiger partial charge in [-0.2, -0.15) is 5.10 Å². The maximum absolute atomic E-state index is 12.1. The summed E-state index contributed by atoms with van der Waals surface area (Å²) >= 11 is 5.28. The molecule has 3 rings (SSSR count). The Balaban J connectivity index is 1.47. The molecule has 9 heteroatoms. The van der Waals surface area contributed by atoms with Crippen LogP contribution in [0.5, 0.6) is 0 Å². The predicted octanol–water partition coefficient (Wildman–Crippen LogP) is 2.87. The molecule has 2 amide bonds. The smallest absolute Gasteiger partial charge is 0.257 e. The van der Waals surface area contributed by atoms with E-state index in [1.165, 1.54) is 0 Å². The Morgan fingerprint density at radius 2 is 1.57 bits per heavy atom. The number of carbonyl (C=O) groups is 2. The van der Waals surface area contributed by atoms with Crippen molar-refractivity contribution < 1.29 is 9.59 Å². The van der Waals surface area contributed by atoms with Gasteiger partial charge < -0.3 is 5.32 Å². The second kappa shape index (κ2) is 9.84. The number of carbonyl (C=O) groups excluding carboxylic acids is 2. The summed E-state index contributed by atoms with van der Waals surface area (Å²) in [6, 6.07) is 15.6.